The molecule has 106 valence electrons. The van der Waals surface area contributed by atoms with Gasteiger partial charge in [0, 0.05) is 18.1 Å². The van der Waals surface area contributed by atoms with E-state index in [0.29, 0.717) is 5.82 Å². The van der Waals surface area contributed by atoms with Crippen LogP contribution in [0.1, 0.15) is 33.2 Å². The number of thiazole rings is 1. The average Bonchev–Trinajstić information content (AvgIpc) is 2.85. The standard InChI is InChI=1S/C13H15FN4OS/c1-7-5-17-13(20-7)8(2)18-12(19)10-4-9(14)6-16-11(10)15-3/h4-6,8H,1-3H3,(H,15,16)(H,18,19). The molecule has 5 nitrogen and oxygen atoms in total. The summed E-state index contributed by atoms with van der Waals surface area (Å²) in [5, 5.41) is 6.37. The van der Waals surface area contributed by atoms with Crippen molar-refractivity contribution in [3.63, 3.8) is 0 Å². The maximum Gasteiger partial charge on any atom is 0.255 e. The first kappa shape index (κ1) is 14.4. The molecule has 2 heterocycles. The summed E-state index contributed by atoms with van der Waals surface area (Å²) in [4.78, 5) is 21.3. The van der Waals surface area contributed by atoms with Crippen LogP contribution in [0.2, 0.25) is 0 Å². The van der Waals surface area contributed by atoms with Crippen molar-refractivity contribution in [2.45, 2.75) is 19.9 Å². The quantitative estimate of drug-likeness (QED) is 0.909. The SMILES string of the molecule is CNc1ncc(F)cc1C(=O)NC(C)c1ncc(C)s1. The molecule has 7 heteroatoms. The fourth-order valence-electron chi connectivity index (χ4n) is 1.72. The number of hydrogen-bond acceptors (Lipinski definition) is 5. The second-order valence-corrected chi connectivity index (χ2v) is 5.57. The van der Waals surface area contributed by atoms with Gasteiger partial charge in [-0.15, -0.1) is 11.3 Å². The van der Waals surface area contributed by atoms with E-state index in [1.165, 1.54) is 11.3 Å². The summed E-state index contributed by atoms with van der Waals surface area (Å²) in [7, 11) is 1.63. The van der Waals surface area contributed by atoms with Crippen LogP contribution in [-0.4, -0.2) is 22.9 Å². The molecule has 0 aromatic carbocycles. The Morgan fingerprint density at radius 1 is 1.40 bits per heavy atom. The average molecular weight is 294 g/mol. The number of anilines is 1. The van der Waals surface area contributed by atoms with Gasteiger partial charge >= 0.3 is 0 Å². The van der Waals surface area contributed by atoms with Gasteiger partial charge in [0.25, 0.3) is 5.91 Å². The van der Waals surface area contributed by atoms with Crippen LogP contribution in [0.4, 0.5) is 10.2 Å². The van der Waals surface area contributed by atoms with Crippen LogP contribution in [0, 0.1) is 12.7 Å². The predicted octanol–water partition coefficient (Wildman–Crippen LogP) is 2.52. The van der Waals surface area contributed by atoms with E-state index in [-0.39, 0.29) is 17.5 Å². The number of nitrogens with zero attached hydrogens (tertiary/aromatic N) is 2. The molecule has 0 saturated heterocycles. The number of carbonyl (C=O) groups excluding carboxylic acids is 1. The molecule has 1 atom stereocenters. The van der Waals surface area contributed by atoms with E-state index in [2.05, 4.69) is 20.6 Å². The summed E-state index contributed by atoms with van der Waals surface area (Å²) in [6.07, 6.45) is 2.82. The van der Waals surface area contributed by atoms with Gasteiger partial charge in [0.1, 0.15) is 16.6 Å². The third-order valence-corrected chi connectivity index (χ3v) is 3.79. The second-order valence-electron chi connectivity index (χ2n) is 4.30. The highest BCUT2D eigenvalue weighted by atomic mass is 32.1. The Bertz CT molecular complexity index is 629. The van der Waals surface area contributed by atoms with Gasteiger partial charge in [-0.1, -0.05) is 0 Å². The minimum absolute atomic E-state index is 0.174. The lowest BCUT2D eigenvalue weighted by Crippen LogP contribution is -2.27. The van der Waals surface area contributed by atoms with E-state index in [9.17, 15) is 9.18 Å². The third kappa shape index (κ3) is 3.11. The van der Waals surface area contributed by atoms with Gasteiger partial charge in [0.05, 0.1) is 17.8 Å². The fourth-order valence-corrected chi connectivity index (χ4v) is 2.50. The van der Waals surface area contributed by atoms with Crippen molar-refractivity contribution < 1.29 is 9.18 Å². The summed E-state index contributed by atoms with van der Waals surface area (Å²) in [6.45, 7) is 3.78. The molecule has 0 spiro atoms. The minimum atomic E-state index is -0.549. The van der Waals surface area contributed by atoms with Crippen molar-refractivity contribution in [3.8, 4) is 0 Å². The summed E-state index contributed by atoms with van der Waals surface area (Å²) >= 11 is 1.51. The largest absolute Gasteiger partial charge is 0.372 e. The number of carbonyl (C=O) groups is 1. The molecular weight excluding hydrogens is 279 g/mol. The smallest absolute Gasteiger partial charge is 0.255 e. The highest BCUT2D eigenvalue weighted by Crippen LogP contribution is 2.20. The first-order valence-corrected chi connectivity index (χ1v) is 6.89. The molecule has 0 aliphatic heterocycles. The first-order chi connectivity index (χ1) is 9.51. The van der Waals surface area contributed by atoms with E-state index >= 15 is 0 Å². The number of nitrogens with one attached hydrogen (secondary N) is 2. The molecule has 0 fully saturated rings. The number of halogens is 1. The van der Waals surface area contributed by atoms with E-state index in [1.807, 2.05) is 13.8 Å². The monoisotopic (exact) mass is 294 g/mol. The molecule has 1 unspecified atom stereocenters. The Hall–Kier alpha value is -2.02. The van der Waals surface area contributed by atoms with Crippen molar-refractivity contribution in [3.05, 3.63) is 39.7 Å². The molecule has 0 saturated carbocycles. The predicted molar refractivity (Wildman–Crippen MR) is 76.5 cm³/mol. The van der Waals surface area contributed by atoms with Crippen LogP contribution in [0.15, 0.2) is 18.5 Å². The minimum Gasteiger partial charge on any atom is -0.372 e. The van der Waals surface area contributed by atoms with Crippen LogP contribution < -0.4 is 10.6 Å². The lowest BCUT2D eigenvalue weighted by Gasteiger charge is -2.13. The van der Waals surface area contributed by atoms with Gasteiger partial charge in [-0.3, -0.25) is 4.79 Å². The fraction of sp³-hybridized carbons (Fsp3) is 0.308. The Kier molecular flexibility index (Phi) is 4.29. The molecule has 0 bridgehead atoms. The van der Waals surface area contributed by atoms with Crippen molar-refractivity contribution in [2.75, 3.05) is 12.4 Å². The van der Waals surface area contributed by atoms with Gasteiger partial charge in [-0.25, -0.2) is 14.4 Å². The van der Waals surface area contributed by atoms with Gasteiger partial charge in [0.15, 0.2) is 0 Å². The topological polar surface area (TPSA) is 66.9 Å². The number of pyridine rings is 1. The Balaban J connectivity index is 2.18. The Labute approximate surface area is 120 Å². The maximum atomic E-state index is 13.2. The molecule has 20 heavy (non-hydrogen) atoms. The lowest BCUT2D eigenvalue weighted by atomic mass is 10.2. The van der Waals surface area contributed by atoms with Gasteiger partial charge in [-0.2, -0.15) is 0 Å². The molecule has 0 aliphatic carbocycles. The lowest BCUT2D eigenvalue weighted by molar-refractivity contribution is 0.0940. The third-order valence-electron chi connectivity index (χ3n) is 2.69. The summed E-state index contributed by atoms with van der Waals surface area (Å²) in [5.74, 6) is -0.597. The molecule has 2 N–H and O–H groups in total. The molecule has 2 rings (SSSR count). The molecule has 2 aromatic rings. The van der Waals surface area contributed by atoms with Crippen molar-refractivity contribution in [2.24, 2.45) is 0 Å². The van der Waals surface area contributed by atoms with E-state index in [4.69, 9.17) is 0 Å². The van der Waals surface area contributed by atoms with E-state index in [0.717, 1.165) is 22.1 Å². The zero-order valence-corrected chi connectivity index (χ0v) is 12.2. The molecular formula is C13H15FN4OS. The zero-order valence-electron chi connectivity index (χ0n) is 11.4. The molecule has 0 aliphatic rings. The van der Waals surface area contributed by atoms with Crippen molar-refractivity contribution >= 4 is 23.1 Å². The summed E-state index contributed by atoms with van der Waals surface area (Å²) in [6, 6.07) is 0.919. The van der Waals surface area contributed by atoms with Gasteiger partial charge in [0.2, 0.25) is 0 Å². The number of aromatic nitrogens is 2. The summed E-state index contributed by atoms with van der Waals surface area (Å²) < 4.78 is 13.2. The second kappa shape index (κ2) is 5.96. The van der Waals surface area contributed by atoms with Crippen LogP contribution in [-0.2, 0) is 0 Å². The number of amides is 1. The molecule has 0 radical (unpaired) electrons. The Morgan fingerprint density at radius 3 is 2.75 bits per heavy atom. The summed E-state index contributed by atoms with van der Waals surface area (Å²) in [5.41, 5.74) is 0.174. The van der Waals surface area contributed by atoms with Crippen LogP contribution in [0.3, 0.4) is 0 Å². The highest BCUT2D eigenvalue weighted by molar-refractivity contribution is 7.11. The van der Waals surface area contributed by atoms with Crippen molar-refractivity contribution in [1.82, 2.24) is 15.3 Å². The Morgan fingerprint density at radius 2 is 2.15 bits per heavy atom. The van der Waals surface area contributed by atoms with E-state index in [1.54, 1.807) is 13.2 Å². The van der Waals surface area contributed by atoms with Gasteiger partial charge < -0.3 is 10.6 Å². The molecule has 1 amide bonds. The number of rotatable bonds is 4. The number of hydrogen-bond donors (Lipinski definition) is 2. The normalized spacial score (nSPS) is 12.0. The van der Waals surface area contributed by atoms with Crippen LogP contribution in [0.5, 0.6) is 0 Å². The first-order valence-electron chi connectivity index (χ1n) is 6.07. The van der Waals surface area contributed by atoms with Gasteiger partial charge in [-0.05, 0) is 19.9 Å². The zero-order chi connectivity index (χ0) is 14.7. The maximum absolute atomic E-state index is 13.2. The number of aryl methyl sites for hydroxylation is 1. The van der Waals surface area contributed by atoms with Crippen LogP contribution in [0.25, 0.3) is 0 Å². The van der Waals surface area contributed by atoms with Crippen molar-refractivity contribution in [1.29, 1.82) is 0 Å². The van der Waals surface area contributed by atoms with Crippen LogP contribution >= 0.6 is 11.3 Å². The molecule has 2 aromatic heterocycles. The highest BCUT2D eigenvalue weighted by Gasteiger charge is 2.17. The van der Waals surface area contributed by atoms with E-state index < -0.39 is 5.82 Å².